The van der Waals surface area contributed by atoms with Crippen LogP contribution in [-0.4, -0.2) is 28.0 Å². The van der Waals surface area contributed by atoms with Crippen molar-refractivity contribution in [1.82, 2.24) is 15.2 Å². The summed E-state index contributed by atoms with van der Waals surface area (Å²) in [4.78, 5) is 14.8. The first kappa shape index (κ1) is 18.3. The van der Waals surface area contributed by atoms with Crippen LogP contribution in [0.5, 0.6) is 5.75 Å². The number of ether oxygens (including phenoxy) is 1. The summed E-state index contributed by atoms with van der Waals surface area (Å²) in [6.07, 6.45) is 1.62. The van der Waals surface area contributed by atoms with Crippen molar-refractivity contribution >= 4 is 12.2 Å². The average molecular weight is 363 g/mol. The highest BCUT2D eigenvalue weighted by molar-refractivity contribution is 5.80. The van der Waals surface area contributed by atoms with E-state index < -0.39 is 0 Å². The van der Waals surface area contributed by atoms with E-state index in [1.54, 1.807) is 18.3 Å². The molecule has 0 aliphatic heterocycles. The molecule has 3 aromatic rings. The van der Waals surface area contributed by atoms with Gasteiger partial charge in [-0.15, -0.1) is 10.2 Å². The Kier molecular flexibility index (Phi) is 5.94. The third-order valence-electron chi connectivity index (χ3n) is 3.59. The Labute approximate surface area is 157 Å². The number of hydrogen-bond donors (Lipinski definition) is 2. The third-order valence-corrected chi connectivity index (χ3v) is 3.59. The van der Waals surface area contributed by atoms with E-state index in [2.05, 4.69) is 39.6 Å². The number of benzene rings is 2. The van der Waals surface area contributed by atoms with Gasteiger partial charge in [-0.05, 0) is 35.7 Å². The number of H-pyrrole nitrogens is 1. The van der Waals surface area contributed by atoms with E-state index in [4.69, 9.17) is 4.74 Å². The van der Waals surface area contributed by atoms with E-state index in [9.17, 15) is 4.79 Å². The third kappa shape index (κ3) is 5.24. The van der Waals surface area contributed by atoms with E-state index in [0.29, 0.717) is 18.1 Å². The van der Waals surface area contributed by atoms with E-state index in [-0.39, 0.29) is 17.2 Å². The number of rotatable bonds is 7. The maximum Gasteiger partial charge on any atom is 0.279 e. The molecule has 0 atom stereocenters. The van der Waals surface area contributed by atoms with E-state index in [1.165, 1.54) is 0 Å². The van der Waals surface area contributed by atoms with Gasteiger partial charge in [0.1, 0.15) is 5.75 Å². The van der Waals surface area contributed by atoms with Crippen LogP contribution in [0, 0.1) is 5.92 Å². The summed E-state index contributed by atoms with van der Waals surface area (Å²) in [5, 5.41) is 12.0. The normalized spacial score (nSPS) is 11.1. The van der Waals surface area contributed by atoms with Gasteiger partial charge in [0.25, 0.3) is 5.56 Å². The van der Waals surface area contributed by atoms with Gasteiger partial charge in [-0.3, -0.25) is 9.78 Å². The Balaban J connectivity index is 1.61. The van der Waals surface area contributed by atoms with Crippen LogP contribution in [0.3, 0.4) is 0 Å². The van der Waals surface area contributed by atoms with Gasteiger partial charge in [0.15, 0.2) is 5.69 Å². The largest absolute Gasteiger partial charge is 0.493 e. The molecule has 1 heterocycles. The molecule has 0 saturated carbocycles. The van der Waals surface area contributed by atoms with Gasteiger partial charge in [0.05, 0.1) is 12.8 Å². The highest BCUT2D eigenvalue weighted by Gasteiger charge is 2.06. The van der Waals surface area contributed by atoms with Crippen molar-refractivity contribution in [3.8, 4) is 17.0 Å². The molecule has 0 aliphatic rings. The molecule has 0 saturated heterocycles. The van der Waals surface area contributed by atoms with E-state index >= 15 is 0 Å². The zero-order valence-electron chi connectivity index (χ0n) is 15.2. The summed E-state index contributed by atoms with van der Waals surface area (Å²) in [7, 11) is 0. The predicted molar refractivity (Wildman–Crippen MR) is 106 cm³/mol. The monoisotopic (exact) mass is 363 g/mol. The molecule has 0 aliphatic carbocycles. The molecule has 7 nitrogen and oxygen atoms in total. The molecule has 0 radical (unpaired) electrons. The minimum Gasteiger partial charge on any atom is -0.493 e. The first-order valence-electron chi connectivity index (χ1n) is 8.66. The molecule has 2 aromatic carbocycles. The van der Waals surface area contributed by atoms with Gasteiger partial charge in [0.2, 0.25) is 5.95 Å². The van der Waals surface area contributed by atoms with Gasteiger partial charge >= 0.3 is 0 Å². The molecule has 3 rings (SSSR count). The van der Waals surface area contributed by atoms with Crippen LogP contribution in [-0.2, 0) is 0 Å². The number of hydrogen-bond acceptors (Lipinski definition) is 6. The van der Waals surface area contributed by atoms with Crippen LogP contribution in [0.1, 0.15) is 19.4 Å². The summed E-state index contributed by atoms with van der Waals surface area (Å²) in [6, 6.07) is 16.7. The quantitative estimate of drug-likeness (QED) is 0.496. The summed E-state index contributed by atoms with van der Waals surface area (Å²) in [6.45, 7) is 4.89. The molecule has 1 aromatic heterocycles. The fourth-order valence-corrected chi connectivity index (χ4v) is 2.25. The van der Waals surface area contributed by atoms with Crippen molar-refractivity contribution in [3.63, 3.8) is 0 Å². The fraction of sp³-hybridized carbons (Fsp3) is 0.200. The van der Waals surface area contributed by atoms with Gasteiger partial charge in [-0.25, -0.2) is 5.43 Å². The van der Waals surface area contributed by atoms with Crippen molar-refractivity contribution < 1.29 is 4.74 Å². The number of nitrogens with zero attached hydrogens (tertiary/aromatic N) is 3. The number of anilines is 1. The highest BCUT2D eigenvalue weighted by atomic mass is 16.5. The van der Waals surface area contributed by atoms with Crippen LogP contribution in [0.2, 0.25) is 0 Å². The van der Waals surface area contributed by atoms with Gasteiger partial charge in [0, 0.05) is 5.56 Å². The Bertz CT molecular complexity index is 950. The molecule has 0 bridgehead atoms. The maximum atomic E-state index is 12.2. The van der Waals surface area contributed by atoms with Crippen LogP contribution in [0.25, 0.3) is 11.3 Å². The second-order valence-corrected chi connectivity index (χ2v) is 6.36. The van der Waals surface area contributed by atoms with Crippen molar-refractivity contribution in [3.05, 3.63) is 70.5 Å². The highest BCUT2D eigenvalue weighted by Crippen LogP contribution is 2.13. The molecule has 2 N–H and O–H groups in total. The average Bonchev–Trinajstić information content (AvgIpc) is 2.68. The molecule has 0 amide bonds. The predicted octanol–water partition coefficient (Wildman–Crippen LogP) is 3.31. The topological polar surface area (TPSA) is 92.3 Å². The Morgan fingerprint density at radius 3 is 2.52 bits per heavy atom. The SMILES string of the molecule is CC(C)COc1ccc(/C=N/Nc2nnc(-c3ccccc3)c(=O)[nH]2)cc1. The van der Waals surface area contributed by atoms with Crippen molar-refractivity contribution in [2.75, 3.05) is 12.0 Å². The van der Waals surface area contributed by atoms with E-state index in [0.717, 1.165) is 11.3 Å². The van der Waals surface area contributed by atoms with Gasteiger partial charge < -0.3 is 4.74 Å². The minimum absolute atomic E-state index is 0.174. The standard InChI is InChI=1S/C20H21N5O2/c1-14(2)13-27-17-10-8-15(9-11-17)12-21-24-20-22-19(26)18(23-25-20)16-6-4-3-5-7-16/h3-12,14H,13H2,1-2H3,(H2,22,24,25,26)/b21-12+. The van der Waals surface area contributed by atoms with Gasteiger partial charge in [-0.2, -0.15) is 5.10 Å². The van der Waals surface area contributed by atoms with Gasteiger partial charge in [-0.1, -0.05) is 44.2 Å². The van der Waals surface area contributed by atoms with Crippen LogP contribution < -0.4 is 15.7 Å². The molecular weight excluding hydrogens is 342 g/mol. The Hall–Kier alpha value is -3.48. The summed E-state index contributed by atoms with van der Waals surface area (Å²) >= 11 is 0. The zero-order valence-corrected chi connectivity index (χ0v) is 15.2. The molecule has 0 fully saturated rings. The van der Waals surface area contributed by atoms with E-state index in [1.807, 2.05) is 42.5 Å². The number of hydrazone groups is 1. The van der Waals surface area contributed by atoms with Crippen LogP contribution >= 0.6 is 0 Å². The van der Waals surface area contributed by atoms with Crippen LogP contribution in [0.4, 0.5) is 5.95 Å². The Morgan fingerprint density at radius 2 is 1.85 bits per heavy atom. The molecule has 27 heavy (non-hydrogen) atoms. The lowest BCUT2D eigenvalue weighted by Crippen LogP contribution is -2.15. The summed E-state index contributed by atoms with van der Waals surface area (Å²) in [5.74, 6) is 1.47. The van der Waals surface area contributed by atoms with Crippen molar-refractivity contribution in [2.45, 2.75) is 13.8 Å². The second kappa shape index (κ2) is 8.75. The molecule has 0 spiro atoms. The lowest BCUT2D eigenvalue weighted by Gasteiger charge is -2.08. The smallest absolute Gasteiger partial charge is 0.279 e. The number of nitrogens with one attached hydrogen (secondary N) is 2. The Morgan fingerprint density at radius 1 is 1.11 bits per heavy atom. The summed E-state index contributed by atoms with van der Waals surface area (Å²) < 4.78 is 5.64. The fourth-order valence-electron chi connectivity index (χ4n) is 2.25. The number of aromatic nitrogens is 3. The zero-order chi connectivity index (χ0) is 19.1. The van der Waals surface area contributed by atoms with Crippen LogP contribution in [0.15, 0.2) is 64.5 Å². The second-order valence-electron chi connectivity index (χ2n) is 6.36. The first-order valence-corrected chi connectivity index (χ1v) is 8.66. The molecule has 138 valence electrons. The van der Waals surface area contributed by atoms with Crippen molar-refractivity contribution in [2.24, 2.45) is 11.0 Å². The maximum absolute atomic E-state index is 12.2. The summed E-state index contributed by atoms with van der Waals surface area (Å²) in [5.41, 5.74) is 4.20. The molecule has 7 heteroatoms. The minimum atomic E-state index is -0.333. The number of aromatic amines is 1. The molecule has 0 unspecified atom stereocenters. The first-order chi connectivity index (χ1) is 13.1. The lowest BCUT2D eigenvalue weighted by atomic mass is 10.2. The van der Waals surface area contributed by atoms with Crippen molar-refractivity contribution in [1.29, 1.82) is 0 Å². The molecular formula is C20H21N5O2. The lowest BCUT2D eigenvalue weighted by molar-refractivity contribution is 0.271.